The van der Waals surface area contributed by atoms with E-state index in [0.717, 1.165) is 48.5 Å². The van der Waals surface area contributed by atoms with Gasteiger partial charge in [-0.15, -0.1) is 0 Å². The SMILES string of the molecule is C=C(NCCC)C1=C(CC2=CC=C(OC)C=CC2)C(=C)C2=C(F)CC=CC(OCCC)=C2N1. The van der Waals surface area contributed by atoms with Gasteiger partial charge in [0, 0.05) is 18.5 Å². The molecule has 1 heterocycles. The summed E-state index contributed by atoms with van der Waals surface area (Å²) in [5.74, 6) is 1.22. The van der Waals surface area contributed by atoms with Crippen molar-refractivity contribution < 1.29 is 13.9 Å². The van der Waals surface area contributed by atoms with Crippen LogP contribution in [0.25, 0.3) is 0 Å². The van der Waals surface area contributed by atoms with Crippen molar-refractivity contribution in [3.63, 3.8) is 0 Å². The molecule has 2 N–H and O–H groups in total. The summed E-state index contributed by atoms with van der Waals surface area (Å²) in [5, 5.41) is 6.86. The third-order valence-electron chi connectivity index (χ3n) is 5.69. The zero-order valence-corrected chi connectivity index (χ0v) is 20.0. The van der Waals surface area contributed by atoms with E-state index in [4.69, 9.17) is 9.47 Å². The Hall–Kier alpha value is -3.21. The maximum absolute atomic E-state index is 15.3. The normalized spacial score (nSPS) is 18.2. The van der Waals surface area contributed by atoms with Crippen molar-refractivity contribution in [2.24, 2.45) is 0 Å². The summed E-state index contributed by atoms with van der Waals surface area (Å²) in [4.78, 5) is 0. The van der Waals surface area contributed by atoms with Gasteiger partial charge in [0.15, 0.2) is 0 Å². The Kier molecular flexibility index (Phi) is 8.58. The molecule has 176 valence electrons. The van der Waals surface area contributed by atoms with Crippen LogP contribution < -0.4 is 10.6 Å². The second-order valence-electron chi connectivity index (χ2n) is 8.22. The van der Waals surface area contributed by atoms with Crippen LogP contribution in [0.2, 0.25) is 0 Å². The third-order valence-corrected chi connectivity index (χ3v) is 5.69. The Morgan fingerprint density at radius 2 is 1.94 bits per heavy atom. The quantitative estimate of drug-likeness (QED) is 0.396. The van der Waals surface area contributed by atoms with Gasteiger partial charge in [-0.05, 0) is 55.1 Å². The fourth-order valence-corrected chi connectivity index (χ4v) is 3.95. The summed E-state index contributed by atoms with van der Waals surface area (Å²) in [6.45, 7) is 14.1. The van der Waals surface area contributed by atoms with Crippen LogP contribution >= 0.6 is 0 Å². The van der Waals surface area contributed by atoms with Gasteiger partial charge in [0.25, 0.3) is 0 Å². The Bertz CT molecular complexity index is 1020. The number of fused-ring (bicyclic) bond motifs is 1. The monoisotopic (exact) mass is 450 g/mol. The van der Waals surface area contributed by atoms with E-state index in [1.165, 1.54) is 5.57 Å². The average molecular weight is 451 g/mol. The van der Waals surface area contributed by atoms with Crippen molar-refractivity contribution in [2.45, 2.75) is 46.0 Å². The fourth-order valence-electron chi connectivity index (χ4n) is 3.95. The minimum Gasteiger partial charge on any atom is -0.497 e. The van der Waals surface area contributed by atoms with E-state index in [1.54, 1.807) is 13.2 Å². The molecule has 2 aliphatic carbocycles. The largest absolute Gasteiger partial charge is 0.497 e. The predicted molar refractivity (Wildman–Crippen MR) is 133 cm³/mol. The highest BCUT2D eigenvalue weighted by Crippen LogP contribution is 2.41. The molecule has 3 aliphatic rings. The number of hydrogen-bond donors (Lipinski definition) is 2. The molecular weight excluding hydrogens is 415 g/mol. The molecule has 1 aliphatic heterocycles. The van der Waals surface area contributed by atoms with E-state index in [0.29, 0.717) is 35.6 Å². The zero-order valence-electron chi connectivity index (χ0n) is 20.0. The van der Waals surface area contributed by atoms with Crippen molar-refractivity contribution in [1.29, 1.82) is 0 Å². The van der Waals surface area contributed by atoms with Crippen molar-refractivity contribution in [3.05, 3.63) is 106 Å². The lowest BCUT2D eigenvalue weighted by atomic mass is 9.85. The van der Waals surface area contributed by atoms with E-state index >= 15 is 4.39 Å². The topological polar surface area (TPSA) is 42.5 Å². The standard InChI is InChI=1S/C28H35FN2O2/c1-6-16-30-20(4)27-23(18-21-10-8-11-22(32-5)15-14-21)19(3)26-24(29)12-9-13-25(28(26)31-27)33-17-7-2/h8-9,11,13-15,30-31H,3-4,6-7,10,12,16-18H2,1-2,5H3. The lowest BCUT2D eigenvalue weighted by molar-refractivity contribution is 0.220. The van der Waals surface area contributed by atoms with Gasteiger partial charge in [0.1, 0.15) is 17.3 Å². The van der Waals surface area contributed by atoms with Crippen LogP contribution in [0.4, 0.5) is 4.39 Å². The molecular formula is C28H35FN2O2. The summed E-state index contributed by atoms with van der Waals surface area (Å²) in [5.41, 5.74) is 5.49. The Balaban J connectivity index is 2.09. The van der Waals surface area contributed by atoms with Crippen molar-refractivity contribution in [3.8, 4) is 0 Å². The molecule has 0 saturated carbocycles. The Labute approximate surface area is 197 Å². The van der Waals surface area contributed by atoms with Crippen LogP contribution in [-0.4, -0.2) is 20.3 Å². The number of hydrogen-bond acceptors (Lipinski definition) is 4. The Morgan fingerprint density at radius 3 is 2.67 bits per heavy atom. The first-order valence-electron chi connectivity index (χ1n) is 11.7. The second-order valence-corrected chi connectivity index (χ2v) is 8.22. The lowest BCUT2D eigenvalue weighted by Gasteiger charge is -2.31. The molecule has 4 nitrogen and oxygen atoms in total. The summed E-state index contributed by atoms with van der Waals surface area (Å²) in [6.07, 6.45) is 15.2. The van der Waals surface area contributed by atoms with Crippen LogP contribution in [0.15, 0.2) is 106 Å². The summed E-state index contributed by atoms with van der Waals surface area (Å²) < 4.78 is 26.6. The number of allylic oxidation sites excluding steroid dienone is 10. The van der Waals surface area contributed by atoms with Gasteiger partial charge < -0.3 is 20.1 Å². The number of methoxy groups -OCH3 is 1. The lowest BCUT2D eigenvalue weighted by Crippen LogP contribution is -2.31. The van der Waals surface area contributed by atoms with Crippen molar-refractivity contribution in [2.75, 3.05) is 20.3 Å². The molecule has 0 bridgehead atoms. The van der Waals surface area contributed by atoms with Crippen LogP contribution in [0.3, 0.4) is 0 Å². The maximum Gasteiger partial charge on any atom is 0.143 e. The summed E-state index contributed by atoms with van der Waals surface area (Å²) in [7, 11) is 1.66. The van der Waals surface area contributed by atoms with E-state index in [-0.39, 0.29) is 12.2 Å². The molecule has 0 aromatic rings. The molecule has 3 rings (SSSR count). The third kappa shape index (κ3) is 5.78. The van der Waals surface area contributed by atoms with Crippen molar-refractivity contribution in [1.82, 2.24) is 10.6 Å². The first-order chi connectivity index (χ1) is 16.0. The predicted octanol–water partition coefficient (Wildman–Crippen LogP) is 6.54. The Morgan fingerprint density at radius 1 is 1.15 bits per heavy atom. The van der Waals surface area contributed by atoms with Crippen LogP contribution in [-0.2, 0) is 9.47 Å². The number of ether oxygens (including phenoxy) is 2. The molecule has 5 heteroatoms. The second kappa shape index (κ2) is 11.6. The maximum atomic E-state index is 15.3. The number of nitrogens with one attached hydrogen (secondary N) is 2. The van der Waals surface area contributed by atoms with Crippen LogP contribution in [0.1, 0.15) is 46.0 Å². The number of rotatable bonds is 10. The molecule has 0 amide bonds. The minimum atomic E-state index is -0.214. The molecule has 0 fully saturated rings. The average Bonchev–Trinajstić information content (AvgIpc) is 3.13. The van der Waals surface area contributed by atoms with Crippen LogP contribution in [0, 0.1) is 0 Å². The molecule has 0 radical (unpaired) electrons. The van der Waals surface area contributed by atoms with Gasteiger partial charge in [-0.1, -0.05) is 50.8 Å². The zero-order chi connectivity index (χ0) is 23.8. The van der Waals surface area contributed by atoms with Gasteiger partial charge in [-0.2, -0.15) is 0 Å². The molecule has 0 spiro atoms. The molecule has 0 atom stereocenters. The van der Waals surface area contributed by atoms with Gasteiger partial charge in [-0.25, -0.2) is 4.39 Å². The van der Waals surface area contributed by atoms with E-state index in [2.05, 4.69) is 49.8 Å². The molecule has 0 aromatic carbocycles. The highest BCUT2D eigenvalue weighted by atomic mass is 19.1. The molecule has 0 aromatic heterocycles. The van der Waals surface area contributed by atoms with Crippen LogP contribution in [0.5, 0.6) is 0 Å². The summed E-state index contributed by atoms with van der Waals surface area (Å²) >= 11 is 0. The first kappa shape index (κ1) is 24.4. The molecule has 0 saturated heterocycles. The highest BCUT2D eigenvalue weighted by Gasteiger charge is 2.31. The van der Waals surface area contributed by atoms with E-state index in [9.17, 15) is 0 Å². The van der Waals surface area contributed by atoms with Gasteiger partial charge >= 0.3 is 0 Å². The highest BCUT2D eigenvalue weighted by molar-refractivity contribution is 5.66. The van der Waals surface area contributed by atoms with Gasteiger partial charge in [-0.3, -0.25) is 0 Å². The van der Waals surface area contributed by atoms with E-state index < -0.39 is 0 Å². The molecule has 33 heavy (non-hydrogen) atoms. The minimum absolute atomic E-state index is 0.210. The van der Waals surface area contributed by atoms with E-state index in [1.807, 2.05) is 18.2 Å². The summed E-state index contributed by atoms with van der Waals surface area (Å²) in [6, 6.07) is 0. The molecule has 0 unspecified atom stereocenters. The van der Waals surface area contributed by atoms with Gasteiger partial charge in [0.2, 0.25) is 0 Å². The van der Waals surface area contributed by atoms with Gasteiger partial charge in [0.05, 0.1) is 30.8 Å². The fraction of sp³-hybridized carbons (Fsp3) is 0.357. The van der Waals surface area contributed by atoms with Crippen molar-refractivity contribution >= 4 is 0 Å². The first-order valence-corrected chi connectivity index (χ1v) is 11.7. The number of halogens is 1. The smallest absolute Gasteiger partial charge is 0.143 e.